The van der Waals surface area contributed by atoms with Crippen LogP contribution in [0.4, 0.5) is 28.9 Å². The monoisotopic (exact) mass is 387 g/mol. The number of anilines is 1. The molecule has 0 unspecified atom stereocenters. The van der Waals surface area contributed by atoms with Crippen molar-refractivity contribution in [1.82, 2.24) is 0 Å². The molecule has 0 saturated carbocycles. The molecule has 0 saturated heterocycles. The van der Waals surface area contributed by atoms with Gasteiger partial charge in [-0.05, 0) is 25.1 Å². The van der Waals surface area contributed by atoms with Crippen LogP contribution in [0.5, 0.6) is 11.5 Å². The Morgan fingerprint density at radius 2 is 1.78 bits per heavy atom. The van der Waals surface area contributed by atoms with Crippen molar-refractivity contribution in [3.05, 3.63) is 58.1 Å². The molecule has 2 rings (SSSR count). The number of rotatable bonds is 8. The lowest BCUT2D eigenvalue weighted by Gasteiger charge is -2.13. The van der Waals surface area contributed by atoms with Crippen LogP contribution in [0.2, 0.25) is 0 Å². The Morgan fingerprint density at radius 1 is 1.11 bits per heavy atom. The molecule has 0 amide bonds. The van der Waals surface area contributed by atoms with Crippen molar-refractivity contribution in [2.45, 2.75) is 20.1 Å². The highest BCUT2D eigenvalue weighted by Gasteiger charge is 2.16. The van der Waals surface area contributed by atoms with Crippen LogP contribution in [0.25, 0.3) is 0 Å². The molecule has 0 aliphatic rings. The van der Waals surface area contributed by atoms with Gasteiger partial charge >= 0.3 is 13.2 Å². The maximum absolute atomic E-state index is 12.6. The molecule has 0 heterocycles. The molecule has 144 valence electrons. The van der Waals surface area contributed by atoms with Crippen LogP contribution in [-0.2, 0) is 0 Å². The van der Waals surface area contributed by atoms with Crippen molar-refractivity contribution in [2.75, 3.05) is 5.43 Å². The summed E-state index contributed by atoms with van der Waals surface area (Å²) in [6.45, 7) is -4.92. The Kier molecular flexibility index (Phi) is 6.52. The highest BCUT2D eigenvalue weighted by atomic mass is 19.3. The molecule has 2 aromatic carbocycles. The van der Waals surface area contributed by atoms with Gasteiger partial charge in [0.25, 0.3) is 5.69 Å². The molecule has 0 radical (unpaired) electrons. The van der Waals surface area contributed by atoms with E-state index in [-0.39, 0.29) is 28.4 Å². The van der Waals surface area contributed by atoms with E-state index in [0.29, 0.717) is 0 Å². The van der Waals surface area contributed by atoms with Crippen LogP contribution < -0.4 is 14.9 Å². The minimum absolute atomic E-state index is 0.0583. The Balaban J connectivity index is 2.32. The van der Waals surface area contributed by atoms with Gasteiger partial charge in [0, 0.05) is 17.7 Å². The predicted octanol–water partition coefficient (Wildman–Crippen LogP) is 4.63. The minimum Gasteiger partial charge on any atom is -0.435 e. The van der Waals surface area contributed by atoms with Crippen molar-refractivity contribution in [3.8, 4) is 11.5 Å². The smallest absolute Gasteiger partial charge is 0.387 e. The summed E-state index contributed by atoms with van der Waals surface area (Å²) in [4.78, 5) is 10.4. The number of nitro benzene ring substituents is 1. The summed E-state index contributed by atoms with van der Waals surface area (Å²) in [6.07, 6.45) is 0. The summed E-state index contributed by atoms with van der Waals surface area (Å²) in [7, 11) is 0. The zero-order chi connectivity index (χ0) is 20.0. The maximum Gasteiger partial charge on any atom is 0.387 e. The van der Waals surface area contributed by atoms with E-state index in [9.17, 15) is 27.7 Å². The van der Waals surface area contributed by atoms with E-state index in [4.69, 9.17) is 0 Å². The number of nitrogens with one attached hydrogen (secondary N) is 1. The third-order valence-electron chi connectivity index (χ3n) is 3.23. The number of halogens is 4. The molecule has 0 aliphatic heterocycles. The Labute approximate surface area is 150 Å². The molecule has 2 aromatic rings. The van der Waals surface area contributed by atoms with Crippen molar-refractivity contribution >= 4 is 17.1 Å². The lowest BCUT2D eigenvalue weighted by atomic mass is 10.1. The first-order chi connectivity index (χ1) is 12.8. The molecule has 27 heavy (non-hydrogen) atoms. The fourth-order valence-electron chi connectivity index (χ4n) is 2.10. The van der Waals surface area contributed by atoms with Gasteiger partial charge in [0.1, 0.15) is 17.2 Å². The fourth-order valence-corrected chi connectivity index (χ4v) is 2.10. The van der Waals surface area contributed by atoms with Gasteiger partial charge in [-0.3, -0.25) is 15.5 Å². The third kappa shape index (κ3) is 5.56. The predicted molar refractivity (Wildman–Crippen MR) is 88.6 cm³/mol. The second kappa shape index (κ2) is 8.83. The van der Waals surface area contributed by atoms with E-state index in [1.807, 2.05) is 0 Å². The normalized spacial score (nSPS) is 11.6. The van der Waals surface area contributed by atoms with Crippen molar-refractivity contribution in [1.29, 1.82) is 0 Å². The number of hydrogen-bond donors (Lipinski definition) is 1. The van der Waals surface area contributed by atoms with Gasteiger partial charge in [-0.1, -0.05) is 12.1 Å². The van der Waals surface area contributed by atoms with Crippen LogP contribution >= 0.6 is 0 Å². The van der Waals surface area contributed by atoms with Gasteiger partial charge in [0.05, 0.1) is 10.6 Å². The molecule has 0 atom stereocenters. The zero-order valence-corrected chi connectivity index (χ0v) is 13.7. The summed E-state index contributed by atoms with van der Waals surface area (Å²) in [5, 5.41) is 14.9. The summed E-state index contributed by atoms with van der Waals surface area (Å²) in [6, 6.07) is 8.88. The van der Waals surface area contributed by atoms with Gasteiger partial charge in [-0.2, -0.15) is 22.7 Å². The van der Waals surface area contributed by atoms with Gasteiger partial charge < -0.3 is 9.47 Å². The first kappa shape index (κ1) is 19.9. The van der Waals surface area contributed by atoms with Crippen LogP contribution in [0.3, 0.4) is 0 Å². The number of nitrogens with zero attached hydrogens (tertiary/aromatic N) is 2. The lowest BCUT2D eigenvalue weighted by molar-refractivity contribution is -0.384. The molecule has 7 nitrogen and oxygen atoms in total. The van der Waals surface area contributed by atoms with Crippen LogP contribution in [0.1, 0.15) is 12.5 Å². The topological polar surface area (TPSA) is 86.0 Å². The van der Waals surface area contributed by atoms with Gasteiger partial charge in [0.2, 0.25) is 0 Å². The molecule has 1 N–H and O–H groups in total. The maximum atomic E-state index is 12.6. The first-order valence-electron chi connectivity index (χ1n) is 7.35. The summed E-state index contributed by atoms with van der Waals surface area (Å²) < 4.78 is 58.3. The first-order valence-corrected chi connectivity index (χ1v) is 7.35. The van der Waals surface area contributed by atoms with Crippen molar-refractivity contribution < 1.29 is 32.0 Å². The third-order valence-corrected chi connectivity index (χ3v) is 3.23. The van der Waals surface area contributed by atoms with Crippen LogP contribution in [0, 0.1) is 10.1 Å². The summed E-state index contributed by atoms with van der Waals surface area (Å²) in [5.74, 6) is -0.808. The molecule has 0 fully saturated rings. The van der Waals surface area contributed by atoms with E-state index in [0.717, 1.165) is 12.1 Å². The number of benzene rings is 2. The van der Waals surface area contributed by atoms with Crippen LogP contribution in [-0.4, -0.2) is 23.9 Å². The lowest BCUT2D eigenvalue weighted by Crippen LogP contribution is -2.09. The number of hydrazone groups is 1. The molecule has 0 spiro atoms. The standard InChI is InChI=1S/C16H13F4N3O4/c1-9(21-22-12-4-2-3-5-13(12)23(24)25)11-7-6-10(26-15(17)18)8-14(11)27-16(19)20/h2-8,15-16,22H,1H3/b21-9-. The quantitative estimate of drug-likeness (QED) is 0.309. The molecule has 0 bridgehead atoms. The zero-order valence-electron chi connectivity index (χ0n) is 13.7. The second-order valence-electron chi connectivity index (χ2n) is 5.00. The van der Waals surface area contributed by atoms with E-state index < -0.39 is 23.9 Å². The summed E-state index contributed by atoms with van der Waals surface area (Å²) in [5.41, 5.74) is 2.49. The van der Waals surface area contributed by atoms with Crippen LogP contribution in [0.15, 0.2) is 47.6 Å². The molecule has 11 heteroatoms. The Morgan fingerprint density at radius 3 is 2.41 bits per heavy atom. The number of nitro groups is 1. The van der Waals surface area contributed by atoms with E-state index >= 15 is 0 Å². The Hall–Kier alpha value is -3.37. The fraction of sp³-hybridized carbons (Fsp3) is 0.188. The van der Waals surface area contributed by atoms with Gasteiger partial charge in [0.15, 0.2) is 0 Å². The highest BCUT2D eigenvalue weighted by molar-refractivity contribution is 6.01. The number of hydrogen-bond acceptors (Lipinski definition) is 6. The average molecular weight is 387 g/mol. The van der Waals surface area contributed by atoms with Gasteiger partial charge in [-0.25, -0.2) is 0 Å². The Bertz CT molecular complexity index is 846. The van der Waals surface area contributed by atoms with Crippen molar-refractivity contribution in [3.63, 3.8) is 0 Å². The van der Waals surface area contributed by atoms with E-state index in [1.54, 1.807) is 6.07 Å². The summed E-state index contributed by atoms with van der Waals surface area (Å²) >= 11 is 0. The SMILES string of the molecule is C/C(=N/Nc1ccccc1[N+](=O)[O-])c1ccc(OC(F)F)cc1OC(F)F. The molecule has 0 aliphatic carbocycles. The number of para-hydroxylation sites is 2. The highest BCUT2D eigenvalue weighted by Crippen LogP contribution is 2.29. The van der Waals surface area contributed by atoms with Gasteiger partial charge in [-0.15, -0.1) is 0 Å². The van der Waals surface area contributed by atoms with E-state index in [1.165, 1.54) is 31.2 Å². The minimum atomic E-state index is -3.21. The largest absolute Gasteiger partial charge is 0.435 e. The molecule has 0 aromatic heterocycles. The molecular formula is C16H13F4N3O4. The number of ether oxygens (including phenoxy) is 2. The average Bonchev–Trinajstić information content (AvgIpc) is 2.59. The van der Waals surface area contributed by atoms with Crippen molar-refractivity contribution in [2.24, 2.45) is 5.10 Å². The second-order valence-corrected chi connectivity index (χ2v) is 5.00. The van der Waals surface area contributed by atoms with E-state index in [2.05, 4.69) is 20.0 Å². The molecular weight excluding hydrogens is 374 g/mol. The number of alkyl halides is 4.